The van der Waals surface area contributed by atoms with Crippen molar-refractivity contribution in [1.82, 2.24) is 0 Å². The first-order valence-corrected chi connectivity index (χ1v) is 24.0. The third kappa shape index (κ3) is 45.8. The predicted octanol–water partition coefficient (Wildman–Crippen LogP) is 11.9. The number of allylic oxidation sites excluding steroid dienone is 17. The lowest BCUT2D eigenvalue weighted by molar-refractivity contribution is -0.870. The average Bonchev–Trinajstić information content (AvgIpc) is 3.24. The molecule has 0 fully saturated rings. The molecule has 63 heavy (non-hydrogen) atoms. The van der Waals surface area contributed by atoms with Crippen molar-refractivity contribution in [2.75, 3.05) is 47.5 Å². The monoisotopic (exact) mass is 878 g/mol. The highest BCUT2D eigenvalue weighted by Crippen LogP contribution is 2.13. The second kappa shape index (κ2) is 44.6. The zero-order chi connectivity index (χ0) is 46.3. The fourth-order valence-electron chi connectivity index (χ4n) is 5.89. The quantitative estimate of drug-likeness (QED) is 0.0196. The van der Waals surface area contributed by atoms with Crippen LogP contribution in [0.5, 0.6) is 0 Å². The van der Waals surface area contributed by atoms with Crippen molar-refractivity contribution in [2.24, 2.45) is 0 Å². The lowest BCUT2D eigenvalue weighted by atomic mass is 10.1. The molecule has 0 aliphatic heterocycles. The molecule has 2 unspecified atom stereocenters. The number of carbonyl (C=O) groups is 3. The van der Waals surface area contributed by atoms with Crippen molar-refractivity contribution in [3.05, 3.63) is 109 Å². The van der Waals surface area contributed by atoms with Gasteiger partial charge in [0.2, 0.25) is 0 Å². The summed E-state index contributed by atoms with van der Waals surface area (Å²) in [6.07, 6.45) is 57.3. The largest absolute Gasteiger partial charge is 0.545 e. The summed E-state index contributed by atoms with van der Waals surface area (Å²) in [5.74, 6) is -2.47. The second-order valence-electron chi connectivity index (χ2n) is 16.7. The van der Waals surface area contributed by atoms with Gasteiger partial charge in [-0.2, -0.15) is 0 Å². The van der Waals surface area contributed by atoms with Gasteiger partial charge >= 0.3 is 11.9 Å². The topological polar surface area (TPSA) is 111 Å². The predicted molar refractivity (Wildman–Crippen MR) is 260 cm³/mol. The van der Waals surface area contributed by atoms with E-state index in [1.54, 1.807) is 6.08 Å². The van der Waals surface area contributed by atoms with Crippen LogP contribution in [0.25, 0.3) is 0 Å². The molecule has 0 N–H and O–H groups in total. The van der Waals surface area contributed by atoms with Crippen molar-refractivity contribution in [2.45, 2.75) is 167 Å². The number of ether oxygens (including phenoxy) is 4. The maximum Gasteiger partial charge on any atom is 0.310 e. The number of likely N-dealkylation sites (N-methyl/N-ethyl adjacent to an activating group) is 1. The Bertz CT molecular complexity index is 1390. The summed E-state index contributed by atoms with van der Waals surface area (Å²) in [4.78, 5) is 37.0. The van der Waals surface area contributed by atoms with Gasteiger partial charge in [0.05, 0.1) is 46.7 Å². The summed E-state index contributed by atoms with van der Waals surface area (Å²) >= 11 is 0. The molecule has 356 valence electrons. The van der Waals surface area contributed by atoms with Crippen molar-refractivity contribution >= 4 is 17.9 Å². The van der Waals surface area contributed by atoms with Gasteiger partial charge in [0, 0.05) is 6.42 Å². The Balaban J connectivity index is 4.46. The van der Waals surface area contributed by atoms with E-state index in [0.717, 1.165) is 77.0 Å². The van der Waals surface area contributed by atoms with E-state index in [1.165, 1.54) is 38.5 Å². The first-order chi connectivity index (χ1) is 30.6. The summed E-state index contributed by atoms with van der Waals surface area (Å²) < 4.78 is 22.4. The highest BCUT2D eigenvalue weighted by atomic mass is 16.7. The van der Waals surface area contributed by atoms with E-state index in [1.807, 2.05) is 33.3 Å². The molecule has 0 bridgehead atoms. The van der Waals surface area contributed by atoms with E-state index >= 15 is 0 Å². The zero-order valence-corrected chi connectivity index (χ0v) is 40.1. The Morgan fingerprint density at radius 1 is 0.492 bits per heavy atom. The van der Waals surface area contributed by atoms with Gasteiger partial charge in [-0.25, -0.2) is 0 Å². The number of esters is 2. The van der Waals surface area contributed by atoms with E-state index < -0.39 is 30.3 Å². The molecule has 0 amide bonds. The first-order valence-electron chi connectivity index (χ1n) is 24.0. The van der Waals surface area contributed by atoms with Gasteiger partial charge in [0.1, 0.15) is 13.2 Å². The highest BCUT2D eigenvalue weighted by molar-refractivity contribution is 5.71. The Kier molecular flexibility index (Phi) is 41.7. The number of nitrogens with zero attached hydrogens (tertiary/aromatic N) is 1. The number of aliphatic carboxylic acids is 1. The van der Waals surface area contributed by atoms with Gasteiger partial charge < -0.3 is 33.3 Å². The molecule has 9 nitrogen and oxygen atoms in total. The number of carboxylic acid groups (broad SMARTS) is 1. The molecule has 0 aromatic rings. The van der Waals surface area contributed by atoms with Gasteiger partial charge in [-0.15, -0.1) is 0 Å². The zero-order valence-electron chi connectivity index (χ0n) is 40.1. The highest BCUT2D eigenvalue weighted by Gasteiger charge is 2.21. The summed E-state index contributed by atoms with van der Waals surface area (Å²) in [5.41, 5.74) is 0. The molecule has 0 radical (unpaired) electrons. The minimum atomic E-state index is -1.65. The molecule has 0 aromatic carbocycles. The number of hydrogen-bond acceptors (Lipinski definition) is 8. The fraction of sp³-hybridized carbons (Fsp3) is 0.611. The minimum Gasteiger partial charge on any atom is -0.545 e. The van der Waals surface area contributed by atoms with Gasteiger partial charge in [-0.05, 0) is 77.0 Å². The van der Waals surface area contributed by atoms with E-state index in [4.69, 9.17) is 18.9 Å². The maximum absolute atomic E-state index is 12.7. The van der Waals surface area contributed by atoms with Crippen LogP contribution in [0.1, 0.15) is 155 Å². The SMILES string of the molecule is CC/C=C\C/C=C\C/C=C\C/C=C\C/C=C\CC(=O)OC(COC(=O)CCCCCCCCCCCC/C=C\C/C=C\C/C=C\C/C=C\CC)COC(OCC[N+](C)(C)C)C(=O)[O-]. The average molecular weight is 878 g/mol. The van der Waals surface area contributed by atoms with Crippen LogP contribution in [0, 0.1) is 0 Å². The standard InChI is InChI=1S/C54H87NO8/c1-6-8-10-12-14-16-18-20-22-23-24-25-26-27-28-29-31-32-34-36-38-40-42-44-51(56)61-48-50(49-62-54(53(58)59)60-47-46-55(3,4)5)63-52(57)45-43-41-39-37-35-33-30-21-19-17-15-13-11-9-7-2/h8-11,14-17,20-22,24-25,30,35,37,41,43,50,54H,6-7,12-13,18-19,23,26-29,31-34,36,38-40,42,44-49H2,1-5H3/b10-8-,11-9-,16-14-,17-15-,22-20-,25-24-,30-21-,37-35-,43-41-. The normalized spacial score (nSPS) is 13.9. The lowest BCUT2D eigenvalue weighted by Crippen LogP contribution is -2.44. The van der Waals surface area contributed by atoms with Crippen LogP contribution < -0.4 is 5.11 Å². The van der Waals surface area contributed by atoms with Crippen molar-refractivity contribution in [3.8, 4) is 0 Å². The molecule has 0 aliphatic carbocycles. The molecule has 0 rings (SSSR count). The van der Waals surface area contributed by atoms with Crippen molar-refractivity contribution in [3.63, 3.8) is 0 Å². The van der Waals surface area contributed by atoms with Crippen molar-refractivity contribution in [1.29, 1.82) is 0 Å². The summed E-state index contributed by atoms with van der Waals surface area (Å²) in [6, 6.07) is 0. The second-order valence-corrected chi connectivity index (χ2v) is 16.7. The number of carbonyl (C=O) groups excluding carboxylic acids is 3. The lowest BCUT2D eigenvalue weighted by Gasteiger charge is -2.26. The minimum absolute atomic E-state index is 0.00850. The summed E-state index contributed by atoms with van der Waals surface area (Å²) in [6.45, 7) is 4.37. The molecule has 9 heteroatoms. The van der Waals surface area contributed by atoms with Gasteiger partial charge in [-0.3, -0.25) is 9.59 Å². The number of rotatable bonds is 42. The molecule has 0 saturated carbocycles. The van der Waals surface area contributed by atoms with Crippen LogP contribution in [-0.2, 0) is 33.3 Å². The first kappa shape index (κ1) is 58.9. The van der Waals surface area contributed by atoms with Gasteiger partial charge in [0.25, 0.3) is 0 Å². The molecule has 0 aromatic heterocycles. The van der Waals surface area contributed by atoms with Crippen molar-refractivity contribution < 1.29 is 42.9 Å². The Morgan fingerprint density at radius 2 is 0.905 bits per heavy atom. The third-order valence-electron chi connectivity index (χ3n) is 9.55. The van der Waals surface area contributed by atoms with Crippen LogP contribution in [0.15, 0.2) is 109 Å². The number of unbranched alkanes of at least 4 members (excludes halogenated alkanes) is 10. The maximum atomic E-state index is 12.7. The van der Waals surface area contributed by atoms with Gasteiger partial charge in [0.15, 0.2) is 12.4 Å². The molecule has 0 spiro atoms. The van der Waals surface area contributed by atoms with E-state index in [-0.39, 0.29) is 32.7 Å². The van der Waals surface area contributed by atoms with E-state index in [0.29, 0.717) is 23.9 Å². The summed E-state index contributed by atoms with van der Waals surface area (Å²) in [5, 5.41) is 11.7. The van der Waals surface area contributed by atoms with Crippen LogP contribution in [0.4, 0.5) is 0 Å². The molecule has 0 saturated heterocycles. The molecule has 0 aliphatic rings. The Morgan fingerprint density at radius 3 is 1.35 bits per heavy atom. The molecular weight excluding hydrogens is 791 g/mol. The Labute approximate surface area is 384 Å². The number of carboxylic acids is 1. The van der Waals surface area contributed by atoms with Crippen LogP contribution >= 0.6 is 0 Å². The van der Waals surface area contributed by atoms with Crippen LogP contribution in [0.3, 0.4) is 0 Å². The van der Waals surface area contributed by atoms with Crippen LogP contribution in [-0.4, -0.2) is 82.3 Å². The van der Waals surface area contributed by atoms with E-state index in [9.17, 15) is 19.5 Å². The van der Waals surface area contributed by atoms with Crippen LogP contribution in [0.2, 0.25) is 0 Å². The van der Waals surface area contributed by atoms with Gasteiger partial charge in [-0.1, -0.05) is 175 Å². The third-order valence-corrected chi connectivity index (χ3v) is 9.55. The summed E-state index contributed by atoms with van der Waals surface area (Å²) in [7, 11) is 5.87. The smallest absolute Gasteiger partial charge is 0.310 e. The Hall–Kier alpha value is -4.05. The molecule has 2 atom stereocenters. The number of hydrogen-bond donors (Lipinski definition) is 0. The number of quaternary nitrogens is 1. The van der Waals surface area contributed by atoms with E-state index in [2.05, 4.69) is 105 Å². The molecular formula is C54H87NO8. The fourth-order valence-corrected chi connectivity index (χ4v) is 5.89. The molecule has 0 heterocycles.